The molecule has 0 bridgehead atoms. The highest BCUT2D eigenvalue weighted by Crippen LogP contribution is 2.39. The molecule has 2 aromatic heterocycles. The van der Waals surface area contributed by atoms with Gasteiger partial charge in [-0.25, -0.2) is 28.2 Å². The lowest BCUT2D eigenvalue weighted by Gasteiger charge is -2.38. The number of piperidine rings is 1. The van der Waals surface area contributed by atoms with Gasteiger partial charge in [-0.2, -0.15) is 0 Å². The van der Waals surface area contributed by atoms with E-state index in [1.807, 2.05) is 0 Å². The molecular weight excluding hydrogens is 576 g/mol. The molecule has 1 spiro atoms. The van der Waals surface area contributed by atoms with Crippen LogP contribution in [0.2, 0.25) is 0 Å². The average molecular weight is 606 g/mol. The van der Waals surface area contributed by atoms with Crippen LogP contribution in [0.5, 0.6) is 5.88 Å². The number of likely N-dealkylation sites (tertiary alicyclic amines) is 1. The average Bonchev–Trinajstić information content (AvgIpc) is 3.64. The van der Waals surface area contributed by atoms with E-state index in [0.29, 0.717) is 63.0 Å². The third kappa shape index (κ3) is 4.78. The van der Waals surface area contributed by atoms with Crippen molar-refractivity contribution in [1.82, 2.24) is 29.9 Å². The summed E-state index contributed by atoms with van der Waals surface area (Å²) in [6, 6.07) is -0.278. The summed E-state index contributed by atoms with van der Waals surface area (Å²) in [6.07, 6.45) is 2.98. The Balaban J connectivity index is 0.00000316. The quantitative estimate of drug-likeness (QED) is 0.440. The van der Waals surface area contributed by atoms with E-state index in [1.54, 1.807) is 6.92 Å². The Morgan fingerprint density at radius 3 is 2.67 bits per heavy atom. The number of nitrogens with two attached hydrogens (primary N) is 1. The van der Waals surface area contributed by atoms with Gasteiger partial charge in [-0.15, -0.1) is 17.5 Å². The van der Waals surface area contributed by atoms with Gasteiger partial charge in [0.2, 0.25) is 0 Å². The minimum atomic E-state index is -0.669. The molecule has 42 heavy (non-hydrogen) atoms. The molecule has 224 valence electrons. The first kappa shape index (κ1) is 28.4. The highest BCUT2D eigenvalue weighted by atomic mass is 35.5. The van der Waals surface area contributed by atoms with Crippen molar-refractivity contribution in [3.63, 3.8) is 0 Å². The Kier molecular flexibility index (Phi) is 7.14. The van der Waals surface area contributed by atoms with Gasteiger partial charge in [-0.3, -0.25) is 9.69 Å². The zero-order chi connectivity index (χ0) is 28.5. The number of carbonyl (C=O) groups is 2. The molecule has 7 rings (SSSR count). The summed E-state index contributed by atoms with van der Waals surface area (Å²) >= 11 is 0. The van der Waals surface area contributed by atoms with Crippen LogP contribution in [0.3, 0.4) is 0 Å². The fraction of sp³-hybridized carbons (Fsp3) is 0.538. The van der Waals surface area contributed by atoms with Crippen molar-refractivity contribution in [3.8, 4) is 5.88 Å². The third-order valence-corrected chi connectivity index (χ3v) is 8.35. The molecule has 4 aliphatic rings. The predicted octanol–water partition coefficient (Wildman–Crippen LogP) is 1.81. The molecule has 3 aliphatic heterocycles. The largest absolute Gasteiger partial charge is 0.465 e. The van der Waals surface area contributed by atoms with E-state index in [9.17, 15) is 9.59 Å². The first-order valence-corrected chi connectivity index (χ1v) is 13.7. The second-order valence-electron chi connectivity index (χ2n) is 11.5. The first-order valence-electron chi connectivity index (χ1n) is 13.7. The predicted molar refractivity (Wildman–Crippen MR) is 148 cm³/mol. The third-order valence-electron chi connectivity index (χ3n) is 8.35. The number of anilines is 2. The van der Waals surface area contributed by atoms with Crippen molar-refractivity contribution in [2.45, 2.75) is 50.8 Å². The van der Waals surface area contributed by atoms with Crippen LogP contribution >= 0.6 is 12.4 Å². The van der Waals surface area contributed by atoms with Crippen LogP contribution in [0, 0.1) is 17.6 Å². The van der Waals surface area contributed by atoms with Gasteiger partial charge in [0.1, 0.15) is 11.1 Å². The van der Waals surface area contributed by atoms with E-state index in [0.717, 1.165) is 0 Å². The lowest BCUT2D eigenvalue weighted by atomic mass is 9.90. The maximum atomic E-state index is 15.6. The molecule has 2 fully saturated rings. The molecule has 2 saturated heterocycles. The summed E-state index contributed by atoms with van der Waals surface area (Å²) in [5.41, 5.74) is 5.99. The van der Waals surface area contributed by atoms with Crippen LogP contribution in [0.1, 0.15) is 30.9 Å². The van der Waals surface area contributed by atoms with Crippen molar-refractivity contribution in [2.24, 2.45) is 11.7 Å². The van der Waals surface area contributed by atoms with Gasteiger partial charge in [0.25, 0.3) is 11.8 Å². The van der Waals surface area contributed by atoms with Crippen molar-refractivity contribution in [2.75, 3.05) is 43.0 Å². The molecule has 1 aromatic carbocycles. The van der Waals surface area contributed by atoms with Crippen molar-refractivity contribution >= 4 is 47.1 Å². The number of hydrogen-bond acceptors (Lipinski definition) is 10. The maximum absolute atomic E-state index is 15.6. The van der Waals surface area contributed by atoms with Gasteiger partial charge in [0.15, 0.2) is 35.4 Å². The molecule has 1 unspecified atom stereocenters. The highest BCUT2D eigenvalue weighted by Gasteiger charge is 2.48. The molecule has 5 heterocycles. The smallest absolute Gasteiger partial charge is 0.416 e. The Bertz CT molecular complexity index is 1580. The first-order chi connectivity index (χ1) is 19.7. The molecule has 1 aliphatic carbocycles. The number of hydrogen-bond donors (Lipinski definition) is 2. The normalized spacial score (nSPS) is 21.9. The SMILES string of the molecule is C[C@H](N)Cn1nnc2c(F)c3c(c(F)c21)CC(CN1CCC2(CC1)CN(c1cnc4c(n1)NC(=O)CO4)C(=O)O2)C3.Cl. The maximum Gasteiger partial charge on any atom is 0.416 e. The number of amides is 2. The lowest BCUT2D eigenvalue weighted by Crippen LogP contribution is -2.48. The highest BCUT2D eigenvalue weighted by molar-refractivity contribution is 5.95. The monoisotopic (exact) mass is 605 g/mol. The van der Waals surface area contributed by atoms with Crippen LogP contribution in [-0.4, -0.2) is 86.3 Å². The number of nitrogens with one attached hydrogen (secondary N) is 1. The number of rotatable bonds is 5. The Morgan fingerprint density at radius 1 is 1.19 bits per heavy atom. The van der Waals surface area contributed by atoms with Crippen molar-refractivity contribution < 1.29 is 27.8 Å². The molecule has 16 heteroatoms. The van der Waals surface area contributed by atoms with Crippen molar-refractivity contribution in [1.29, 1.82) is 0 Å². The van der Waals surface area contributed by atoms with Crippen LogP contribution < -0.4 is 20.7 Å². The minimum absolute atomic E-state index is 0. The van der Waals surface area contributed by atoms with Gasteiger partial charge >= 0.3 is 6.09 Å². The fourth-order valence-corrected chi connectivity index (χ4v) is 6.39. The summed E-state index contributed by atoms with van der Waals surface area (Å²) in [4.78, 5) is 36.7. The zero-order valence-corrected chi connectivity index (χ0v) is 23.6. The molecular formula is C26H30ClF2N9O4. The second kappa shape index (κ2) is 10.5. The second-order valence-corrected chi connectivity index (χ2v) is 11.5. The van der Waals surface area contributed by atoms with Gasteiger partial charge in [-0.05, 0) is 36.8 Å². The van der Waals surface area contributed by atoms with Crippen LogP contribution in [0.15, 0.2) is 6.20 Å². The fourth-order valence-electron chi connectivity index (χ4n) is 6.39. The number of aromatic nitrogens is 5. The minimum Gasteiger partial charge on any atom is -0.465 e. The van der Waals surface area contributed by atoms with Gasteiger partial charge in [0, 0.05) is 38.5 Å². The molecule has 13 nitrogen and oxygen atoms in total. The van der Waals surface area contributed by atoms with E-state index in [4.69, 9.17) is 15.2 Å². The number of ether oxygens (including phenoxy) is 2. The summed E-state index contributed by atoms with van der Waals surface area (Å²) in [5.74, 6) is -0.603. The van der Waals surface area contributed by atoms with E-state index in [-0.39, 0.29) is 72.0 Å². The van der Waals surface area contributed by atoms with Crippen LogP contribution in [-0.2, 0) is 28.9 Å². The van der Waals surface area contributed by atoms with E-state index < -0.39 is 23.3 Å². The van der Waals surface area contributed by atoms with Gasteiger partial charge in [0.05, 0.1) is 19.3 Å². The molecule has 2 atom stereocenters. The number of benzene rings is 1. The Hall–Kier alpha value is -3.69. The number of nitrogens with zero attached hydrogens (tertiary/aromatic N) is 7. The van der Waals surface area contributed by atoms with E-state index >= 15 is 8.78 Å². The lowest BCUT2D eigenvalue weighted by molar-refractivity contribution is -0.118. The number of halogens is 3. The summed E-state index contributed by atoms with van der Waals surface area (Å²) in [6.45, 7) is 4.21. The van der Waals surface area contributed by atoms with Gasteiger partial charge in [-0.1, -0.05) is 5.21 Å². The Labute approximate surface area is 245 Å². The molecule has 2 amide bonds. The summed E-state index contributed by atoms with van der Waals surface area (Å²) in [7, 11) is 0. The molecule has 3 aromatic rings. The summed E-state index contributed by atoms with van der Waals surface area (Å²) < 4.78 is 43.4. The van der Waals surface area contributed by atoms with E-state index in [1.165, 1.54) is 15.8 Å². The topological polar surface area (TPSA) is 154 Å². The number of fused-ring (bicyclic) bond motifs is 3. The zero-order valence-electron chi connectivity index (χ0n) is 22.8. The van der Waals surface area contributed by atoms with E-state index in [2.05, 4.69) is 30.5 Å². The summed E-state index contributed by atoms with van der Waals surface area (Å²) in [5, 5.41) is 10.4. The van der Waals surface area contributed by atoms with Crippen LogP contribution in [0.25, 0.3) is 11.0 Å². The molecule has 0 saturated carbocycles. The Morgan fingerprint density at radius 2 is 1.93 bits per heavy atom. The van der Waals surface area contributed by atoms with Crippen molar-refractivity contribution in [3.05, 3.63) is 29.0 Å². The van der Waals surface area contributed by atoms with Gasteiger partial charge < -0.3 is 25.4 Å². The number of carbonyl (C=O) groups excluding carboxylic acids is 2. The molecule has 0 radical (unpaired) electrons. The van der Waals surface area contributed by atoms with Crippen LogP contribution in [0.4, 0.5) is 25.2 Å². The standard InChI is InChI=1S/C26H29F2N9O4.ClH/c1-13(29)9-37-22-20(28)16-7-14(6-15(16)19(27)21(22)33-34-37)10-35-4-2-26(3-5-35)12-36(25(39)41-26)17-8-30-24-23(31-17)32-18(38)11-40-24;/h8,13-14H,2-7,9-12,29H2,1H3,(H,31,32,38);1H/t13-,14?;/m0./s1. The molecule has 3 N–H and O–H groups in total.